The average Bonchev–Trinajstić information content (AvgIpc) is 2.85. The lowest BCUT2D eigenvalue weighted by atomic mass is 10.3. The van der Waals surface area contributed by atoms with Crippen LogP contribution in [-0.4, -0.2) is 32.5 Å². The molecule has 18 heavy (non-hydrogen) atoms. The van der Waals surface area contributed by atoms with Crippen molar-refractivity contribution in [3.63, 3.8) is 0 Å². The highest BCUT2D eigenvalue weighted by Crippen LogP contribution is 2.27. The van der Waals surface area contributed by atoms with E-state index < -0.39 is 0 Å². The molecule has 0 unspecified atom stereocenters. The molecule has 0 spiro atoms. The molecule has 0 saturated heterocycles. The maximum absolute atomic E-state index is 11.5. The molecule has 1 fully saturated rings. The highest BCUT2D eigenvalue weighted by Gasteiger charge is 2.23. The van der Waals surface area contributed by atoms with Gasteiger partial charge in [0.1, 0.15) is 0 Å². The Bertz CT molecular complexity index is 572. The van der Waals surface area contributed by atoms with Crippen molar-refractivity contribution in [2.24, 2.45) is 0 Å². The summed E-state index contributed by atoms with van der Waals surface area (Å²) in [4.78, 5) is 11.5. The van der Waals surface area contributed by atoms with Crippen LogP contribution in [0.1, 0.15) is 18.5 Å². The Kier molecular flexibility index (Phi) is 2.71. The molecule has 2 aromatic heterocycles. The molecule has 7 nitrogen and oxygen atoms in total. The zero-order valence-electron chi connectivity index (χ0n) is 9.73. The summed E-state index contributed by atoms with van der Waals surface area (Å²) in [6, 6.07) is 0.109. The van der Waals surface area contributed by atoms with Crippen molar-refractivity contribution in [3.8, 4) is 10.6 Å². The number of H-pyrrole nitrogens is 1. The monoisotopic (exact) mass is 264 g/mol. The molecule has 1 aliphatic carbocycles. The Hall–Kier alpha value is -1.96. The molecule has 2 amide bonds. The Morgan fingerprint density at radius 1 is 1.50 bits per heavy atom. The maximum atomic E-state index is 11.5. The number of rotatable bonds is 3. The van der Waals surface area contributed by atoms with Gasteiger partial charge in [-0.3, -0.25) is 10.4 Å². The summed E-state index contributed by atoms with van der Waals surface area (Å²) in [7, 11) is 0. The molecule has 3 rings (SSSR count). The molecular weight excluding hydrogens is 252 g/mol. The molecule has 0 atom stereocenters. The third kappa shape index (κ3) is 2.33. The van der Waals surface area contributed by atoms with Crippen LogP contribution in [0.2, 0.25) is 0 Å². The van der Waals surface area contributed by atoms with Crippen molar-refractivity contribution in [2.75, 3.05) is 5.32 Å². The fourth-order valence-electron chi connectivity index (χ4n) is 1.50. The summed E-state index contributed by atoms with van der Waals surface area (Å²) in [5.41, 5.74) is 1.84. The first kappa shape index (κ1) is 11.1. The first-order valence-corrected chi connectivity index (χ1v) is 6.45. The number of urea groups is 1. The van der Waals surface area contributed by atoms with Crippen molar-refractivity contribution < 1.29 is 4.79 Å². The Labute approximate surface area is 107 Å². The largest absolute Gasteiger partial charge is 0.335 e. The van der Waals surface area contributed by atoms with Crippen molar-refractivity contribution >= 4 is 22.5 Å². The molecule has 0 bridgehead atoms. The molecule has 2 heterocycles. The van der Waals surface area contributed by atoms with Gasteiger partial charge in [-0.05, 0) is 19.8 Å². The number of nitrogens with zero attached hydrogens (tertiary/aromatic N) is 3. The second-order valence-electron chi connectivity index (χ2n) is 4.19. The lowest BCUT2D eigenvalue weighted by molar-refractivity contribution is 0.251. The van der Waals surface area contributed by atoms with Crippen molar-refractivity contribution in [2.45, 2.75) is 25.8 Å². The van der Waals surface area contributed by atoms with Gasteiger partial charge in [-0.25, -0.2) is 4.79 Å². The van der Waals surface area contributed by atoms with E-state index >= 15 is 0 Å². The lowest BCUT2D eigenvalue weighted by Crippen LogP contribution is -2.30. The quantitative estimate of drug-likeness (QED) is 0.783. The molecule has 8 heteroatoms. The second-order valence-corrected chi connectivity index (χ2v) is 5.17. The highest BCUT2D eigenvalue weighted by molar-refractivity contribution is 7.18. The van der Waals surface area contributed by atoms with Crippen molar-refractivity contribution in [1.82, 2.24) is 25.7 Å². The van der Waals surface area contributed by atoms with Crippen LogP contribution < -0.4 is 10.6 Å². The van der Waals surface area contributed by atoms with Crippen LogP contribution in [0.4, 0.5) is 9.93 Å². The van der Waals surface area contributed by atoms with Gasteiger partial charge in [-0.1, -0.05) is 11.3 Å². The van der Waals surface area contributed by atoms with E-state index in [2.05, 4.69) is 31.0 Å². The first-order valence-electron chi connectivity index (χ1n) is 5.64. The van der Waals surface area contributed by atoms with Gasteiger partial charge >= 0.3 is 6.03 Å². The van der Waals surface area contributed by atoms with Gasteiger partial charge in [0.2, 0.25) is 5.13 Å². The average molecular weight is 264 g/mol. The Balaban J connectivity index is 1.69. The number of amides is 2. The molecule has 0 radical (unpaired) electrons. The van der Waals surface area contributed by atoms with Crippen LogP contribution >= 0.6 is 11.3 Å². The summed E-state index contributed by atoms with van der Waals surface area (Å²) in [6.07, 6.45) is 3.82. The highest BCUT2D eigenvalue weighted by atomic mass is 32.1. The number of aryl methyl sites for hydroxylation is 1. The summed E-state index contributed by atoms with van der Waals surface area (Å²) < 4.78 is 0. The fourth-order valence-corrected chi connectivity index (χ4v) is 2.30. The van der Waals surface area contributed by atoms with Gasteiger partial charge in [-0.15, -0.1) is 10.2 Å². The standard InChI is InChI=1S/C10H12N6OS/c1-5-7(4-11-14-5)8-15-16-10(18-8)13-9(17)12-6-2-3-6/h4,6H,2-3H2,1H3,(H,11,14)(H2,12,13,16,17). The second kappa shape index (κ2) is 4.37. The van der Waals surface area contributed by atoms with Crippen molar-refractivity contribution in [3.05, 3.63) is 11.9 Å². The summed E-state index contributed by atoms with van der Waals surface area (Å²) >= 11 is 1.33. The van der Waals surface area contributed by atoms with Crippen LogP contribution in [0.15, 0.2) is 6.20 Å². The SMILES string of the molecule is Cc1[nH]ncc1-c1nnc(NC(=O)NC2CC2)s1. The number of anilines is 1. The van der Waals surface area contributed by atoms with Gasteiger partial charge < -0.3 is 5.32 Å². The molecular formula is C10H12N6OS. The zero-order chi connectivity index (χ0) is 12.5. The molecule has 0 aliphatic heterocycles. The molecule has 2 aromatic rings. The van der Waals surface area contributed by atoms with E-state index in [-0.39, 0.29) is 6.03 Å². The van der Waals surface area contributed by atoms with Gasteiger partial charge in [-0.2, -0.15) is 5.10 Å². The minimum absolute atomic E-state index is 0.218. The van der Waals surface area contributed by atoms with Gasteiger partial charge in [0.15, 0.2) is 5.01 Å². The van der Waals surface area contributed by atoms with E-state index in [0.717, 1.165) is 29.1 Å². The molecule has 3 N–H and O–H groups in total. The van der Waals surface area contributed by atoms with E-state index in [1.54, 1.807) is 6.20 Å². The molecule has 1 aliphatic rings. The summed E-state index contributed by atoms with van der Waals surface area (Å²) in [5.74, 6) is 0. The van der Waals surface area contributed by atoms with Crippen molar-refractivity contribution in [1.29, 1.82) is 0 Å². The molecule has 94 valence electrons. The zero-order valence-corrected chi connectivity index (χ0v) is 10.5. The lowest BCUT2D eigenvalue weighted by Gasteiger charge is -2.01. The van der Waals surface area contributed by atoms with Gasteiger partial charge in [0, 0.05) is 11.7 Å². The van der Waals surface area contributed by atoms with Gasteiger partial charge in [0.05, 0.1) is 11.8 Å². The fraction of sp³-hybridized carbons (Fsp3) is 0.400. The van der Waals surface area contributed by atoms with Crippen LogP contribution in [0.3, 0.4) is 0 Å². The number of carbonyl (C=O) groups is 1. The predicted molar refractivity (Wildman–Crippen MR) is 67.4 cm³/mol. The summed E-state index contributed by atoms with van der Waals surface area (Å²) in [6.45, 7) is 1.91. The number of hydrogen-bond acceptors (Lipinski definition) is 5. The van der Waals surface area contributed by atoms with E-state index in [4.69, 9.17) is 0 Å². The minimum Gasteiger partial charge on any atom is -0.335 e. The number of carbonyl (C=O) groups excluding carboxylic acids is 1. The Morgan fingerprint density at radius 2 is 2.33 bits per heavy atom. The maximum Gasteiger partial charge on any atom is 0.321 e. The van der Waals surface area contributed by atoms with E-state index in [1.165, 1.54) is 11.3 Å². The predicted octanol–water partition coefficient (Wildman–Crippen LogP) is 1.52. The minimum atomic E-state index is -0.218. The topological polar surface area (TPSA) is 95.6 Å². The van der Waals surface area contributed by atoms with Crippen LogP contribution in [0, 0.1) is 6.92 Å². The van der Waals surface area contributed by atoms with E-state index in [9.17, 15) is 4.79 Å². The third-order valence-electron chi connectivity index (χ3n) is 2.62. The smallest absolute Gasteiger partial charge is 0.321 e. The number of aromatic amines is 1. The summed E-state index contributed by atoms with van der Waals surface area (Å²) in [5, 5.41) is 21.5. The van der Waals surface area contributed by atoms with Crippen LogP contribution in [0.25, 0.3) is 10.6 Å². The molecule has 1 saturated carbocycles. The van der Waals surface area contributed by atoms with Crippen LogP contribution in [-0.2, 0) is 0 Å². The number of nitrogens with one attached hydrogen (secondary N) is 3. The van der Waals surface area contributed by atoms with Crippen LogP contribution in [0.5, 0.6) is 0 Å². The normalized spacial score (nSPS) is 14.5. The third-order valence-corrected chi connectivity index (χ3v) is 3.49. The number of hydrogen-bond donors (Lipinski definition) is 3. The van der Waals surface area contributed by atoms with E-state index in [1.807, 2.05) is 6.92 Å². The first-order chi connectivity index (χ1) is 8.72. The number of aromatic nitrogens is 4. The van der Waals surface area contributed by atoms with Gasteiger partial charge in [0.25, 0.3) is 0 Å². The molecule has 0 aromatic carbocycles. The Morgan fingerprint density at radius 3 is 3.00 bits per heavy atom. The van der Waals surface area contributed by atoms with E-state index in [0.29, 0.717) is 11.2 Å².